The Morgan fingerprint density at radius 1 is 1.08 bits per heavy atom. The summed E-state index contributed by atoms with van der Waals surface area (Å²) in [5.74, 6) is 0.219. The van der Waals surface area contributed by atoms with E-state index in [9.17, 15) is 9.59 Å². The Hall–Kier alpha value is -2.73. The van der Waals surface area contributed by atoms with Crippen molar-refractivity contribution >= 4 is 29.1 Å². The molecule has 7 heteroatoms. The van der Waals surface area contributed by atoms with Crippen LogP contribution in [0.2, 0.25) is 5.02 Å². The minimum atomic E-state index is -0.414. The number of aryl methyl sites for hydroxylation is 1. The van der Waals surface area contributed by atoms with Crippen molar-refractivity contribution in [3.63, 3.8) is 0 Å². The number of rotatable bonds is 7. The number of carbonyl (C=O) groups excluding carboxylic acids is 2. The van der Waals surface area contributed by atoms with Crippen LogP contribution in [0.4, 0.5) is 5.69 Å². The predicted octanol–water partition coefficient (Wildman–Crippen LogP) is 2.79. The van der Waals surface area contributed by atoms with Gasteiger partial charge in [-0.3, -0.25) is 9.59 Å². The van der Waals surface area contributed by atoms with Crippen LogP contribution in [0.15, 0.2) is 42.5 Å². The molecule has 6 nitrogen and oxygen atoms in total. The fourth-order valence-corrected chi connectivity index (χ4v) is 2.17. The molecule has 0 saturated carbocycles. The summed E-state index contributed by atoms with van der Waals surface area (Å²) in [6.07, 6.45) is 0. The van der Waals surface area contributed by atoms with Crippen molar-refractivity contribution in [1.29, 1.82) is 0 Å². The van der Waals surface area contributed by atoms with E-state index in [-0.39, 0.29) is 19.1 Å². The highest BCUT2D eigenvalue weighted by Crippen LogP contribution is 2.25. The molecule has 0 aliphatic rings. The van der Waals surface area contributed by atoms with Gasteiger partial charge in [0.1, 0.15) is 0 Å². The standard InChI is InChI=1S/C18H19ClN2O4/c1-12-7-8-13(9-14(12)19)21-17(22)10-20-18(23)11-25-16-6-4-3-5-15(16)24-2/h3-9H,10-11H2,1-2H3,(H,20,23)(H,21,22). The molecule has 0 spiro atoms. The van der Waals surface area contributed by atoms with Crippen LogP contribution >= 0.6 is 11.6 Å². The Labute approximate surface area is 151 Å². The first-order chi connectivity index (χ1) is 12.0. The molecular formula is C18H19ClN2O4. The summed E-state index contributed by atoms with van der Waals surface area (Å²) in [5.41, 5.74) is 1.49. The average molecular weight is 363 g/mol. The van der Waals surface area contributed by atoms with Gasteiger partial charge in [0, 0.05) is 10.7 Å². The van der Waals surface area contributed by atoms with Crippen molar-refractivity contribution in [2.45, 2.75) is 6.92 Å². The first kappa shape index (κ1) is 18.6. The lowest BCUT2D eigenvalue weighted by Crippen LogP contribution is -2.35. The van der Waals surface area contributed by atoms with E-state index in [1.54, 1.807) is 42.5 Å². The van der Waals surface area contributed by atoms with Crippen LogP contribution in [0.1, 0.15) is 5.56 Å². The van der Waals surface area contributed by atoms with Gasteiger partial charge >= 0.3 is 0 Å². The molecule has 0 aliphatic heterocycles. The zero-order chi connectivity index (χ0) is 18.2. The van der Waals surface area contributed by atoms with E-state index in [1.165, 1.54) is 7.11 Å². The van der Waals surface area contributed by atoms with Gasteiger partial charge in [-0.05, 0) is 36.8 Å². The maximum Gasteiger partial charge on any atom is 0.258 e. The Morgan fingerprint density at radius 3 is 2.48 bits per heavy atom. The molecule has 0 heterocycles. The number of para-hydroxylation sites is 2. The van der Waals surface area contributed by atoms with Gasteiger partial charge in [-0.2, -0.15) is 0 Å². The molecular weight excluding hydrogens is 344 g/mol. The summed E-state index contributed by atoms with van der Waals surface area (Å²) in [7, 11) is 1.52. The molecule has 0 fully saturated rings. The molecule has 132 valence electrons. The third-order valence-corrected chi connectivity index (χ3v) is 3.74. The van der Waals surface area contributed by atoms with E-state index in [0.717, 1.165) is 5.56 Å². The lowest BCUT2D eigenvalue weighted by molar-refractivity contribution is -0.125. The van der Waals surface area contributed by atoms with Gasteiger partial charge in [0.15, 0.2) is 18.1 Å². The topological polar surface area (TPSA) is 76.7 Å². The van der Waals surface area contributed by atoms with E-state index in [4.69, 9.17) is 21.1 Å². The van der Waals surface area contributed by atoms with Gasteiger partial charge in [-0.15, -0.1) is 0 Å². The van der Waals surface area contributed by atoms with Gasteiger partial charge < -0.3 is 20.1 Å². The Morgan fingerprint density at radius 2 is 1.80 bits per heavy atom. The van der Waals surface area contributed by atoms with E-state index < -0.39 is 5.91 Å². The van der Waals surface area contributed by atoms with E-state index >= 15 is 0 Å². The second kappa shape index (κ2) is 8.94. The number of hydrogen-bond donors (Lipinski definition) is 2. The molecule has 2 N–H and O–H groups in total. The number of nitrogens with one attached hydrogen (secondary N) is 2. The third kappa shape index (κ3) is 5.69. The van der Waals surface area contributed by atoms with Crippen molar-refractivity contribution in [3.8, 4) is 11.5 Å². The molecule has 2 amide bonds. The zero-order valence-electron chi connectivity index (χ0n) is 14.0. The molecule has 2 aromatic carbocycles. The van der Waals surface area contributed by atoms with Crippen molar-refractivity contribution in [1.82, 2.24) is 5.32 Å². The number of amides is 2. The predicted molar refractivity (Wildman–Crippen MR) is 96.3 cm³/mol. The smallest absolute Gasteiger partial charge is 0.258 e. The first-order valence-corrected chi connectivity index (χ1v) is 7.96. The SMILES string of the molecule is COc1ccccc1OCC(=O)NCC(=O)Nc1ccc(C)c(Cl)c1. The highest BCUT2D eigenvalue weighted by Gasteiger charge is 2.09. The van der Waals surface area contributed by atoms with Crippen molar-refractivity contribution in [2.75, 3.05) is 25.6 Å². The Kier molecular flexibility index (Phi) is 6.65. The average Bonchev–Trinajstić information content (AvgIpc) is 2.61. The van der Waals surface area contributed by atoms with E-state index in [0.29, 0.717) is 22.2 Å². The molecule has 2 rings (SSSR count). The van der Waals surface area contributed by atoms with Gasteiger partial charge in [-0.1, -0.05) is 29.8 Å². The maximum absolute atomic E-state index is 11.9. The fourth-order valence-electron chi connectivity index (χ4n) is 1.99. The summed E-state index contributed by atoms with van der Waals surface area (Å²) in [5, 5.41) is 5.71. The number of hydrogen-bond acceptors (Lipinski definition) is 4. The van der Waals surface area contributed by atoms with Gasteiger partial charge in [0.05, 0.1) is 13.7 Å². The second-order valence-electron chi connectivity index (χ2n) is 5.23. The van der Waals surface area contributed by atoms with Crippen LogP contribution < -0.4 is 20.1 Å². The second-order valence-corrected chi connectivity index (χ2v) is 5.64. The first-order valence-electron chi connectivity index (χ1n) is 7.58. The Bertz CT molecular complexity index is 764. The summed E-state index contributed by atoms with van der Waals surface area (Å²) in [6, 6.07) is 12.2. The Balaban J connectivity index is 1.77. The van der Waals surface area contributed by atoms with Crippen LogP contribution in [0, 0.1) is 6.92 Å². The summed E-state index contributed by atoms with van der Waals surface area (Å²) in [4.78, 5) is 23.7. The molecule has 0 atom stereocenters. The lowest BCUT2D eigenvalue weighted by atomic mass is 10.2. The van der Waals surface area contributed by atoms with Crippen LogP contribution in [-0.2, 0) is 9.59 Å². The van der Waals surface area contributed by atoms with Crippen molar-refractivity contribution < 1.29 is 19.1 Å². The highest BCUT2D eigenvalue weighted by atomic mass is 35.5. The van der Waals surface area contributed by atoms with Crippen LogP contribution in [0.25, 0.3) is 0 Å². The van der Waals surface area contributed by atoms with Gasteiger partial charge in [0.25, 0.3) is 5.91 Å². The third-order valence-electron chi connectivity index (χ3n) is 3.33. The number of benzene rings is 2. The molecule has 0 unspecified atom stereocenters. The summed E-state index contributed by atoms with van der Waals surface area (Å²) >= 11 is 6.00. The summed E-state index contributed by atoms with van der Waals surface area (Å²) < 4.78 is 10.5. The maximum atomic E-state index is 11.9. The number of methoxy groups -OCH3 is 1. The fraction of sp³-hybridized carbons (Fsp3) is 0.222. The molecule has 0 bridgehead atoms. The van der Waals surface area contributed by atoms with E-state index in [2.05, 4.69) is 10.6 Å². The van der Waals surface area contributed by atoms with Crippen molar-refractivity contribution in [2.24, 2.45) is 0 Å². The minimum absolute atomic E-state index is 0.167. The van der Waals surface area contributed by atoms with Crippen LogP contribution in [0.3, 0.4) is 0 Å². The van der Waals surface area contributed by atoms with Gasteiger partial charge in [0.2, 0.25) is 5.91 Å². The molecule has 0 aliphatic carbocycles. The molecule has 25 heavy (non-hydrogen) atoms. The highest BCUT2D eigenvalue weighted by molar-refractivity contribution is 6.31. The largest absolute Gasteiger partial charge is 0.493 e. The molecule has 2 aromatic rings. The van der Waals surface area contributed by atoms with Crippen LogP contribution in [0.5, 0.6) is 11.5 Å². The normalized spacial score (nSPS) is 10.0. The van der Waals surface area contributed by atoms with E-state index in [1.807, 2.05) is 6.92 Å². The molecule has 0 radical (unpaired) electrons. The minimum Gasteiger partial charge on any atom is -0.493 e. The van der Waals surface area contributed by atoms with Crippen molar-refractivity contribution in [3.05, 3.63) is 53.1 Å². The number of ether oxygens (including phenoxy) is 2. The monoisotopic (exact) mass is 362 g/mol. The van der Waals surface area contributed by atoms with Gasteiger partial charge in [-0.25, -0.2) is 0 Å². The van der Waals surface area contributed by atoms with Crippen LogP contribution in [-0.4, -0.2) is 32.1 Å². The molecule has 0 aromatic heterocycles. The quantitative estimate of drug-likeness (QED) is 0.794. The molecule has 0 saturated heterocycles. The number of carbonyl (C=O) groups is 2. The number of halogens is 1. The number of anilines is 1. The zero-order valence-corrected chi connectivity index (χ0v) is 14.7. The lowest BCUT2D eigenvalue weighted by Gasteiger charge is -2.11. The summed E-state index contributed by atoms with van der Waals surface area (Å²) in [6.45, 7) is 1.49.